The van der Waals surface area contributed by atoms with E-state index in [9.17, 15) is 4.79 Å². The molecule has 0 aliphatic carbocycles. The van der Waals surface area contributed by atoms with Crippen LogP contribution in [0, 0.1) is 0 Å². The zero-order valence-corrected chi connectivity index (χ0v) is 12.2. The Hall–Kier alpha value is -1.15. The van der Waals surface area contributed by atoms with E-state index in [1.807, 2.05) is 18.2 Å². The van der Waals surface area contributed by atoms with Crippen molar-refractivity contribution < 1.29 is 4.79 Å². The first-order chi connectivity index (χ1) is 8.43. The van der Waals surface area contributed by atoms with Gasteiger partial charge in [0.2, 0.25) is 0 Å². The van der Waals surface area contributed by atoms with E-state index in [-0.39, 0.29) is 11.8 Å². The molecule has 2 nitrogen and oxygen atoms in total. The third-order valence-electron chi connectivity index (χ3n) is 3.22. The largest absolute Gasteiger partial charge is 0.300 e. The van der Waals surface area contributed by atoms with Gasteiger partial charge in [-0.15, -0.1) is 0 Å². The average Bonchev–Trinajstić information content (AvgIpc) is 2.27. The van der Waals surface area contributed by atoms with Crippen LogP contribution in [-0.2, 0) is 4.79 Å². The third kappa shape index (κ3) is 3.95. The maximum absolute atomic E-state index is 11.6. The number of ketones is 1. The van der Waals surface area contributed by atoms with Gasteiger partial charge >= 0.3 is 0 Å². The summed E-state index contributed by atoms with van der Waals surface area (Å²) in [5, 5.41) is 0. The highest BCUT2D eigenvalue weighted by Crippen LogP contribution is 2.28. The molecule has 2 heteroatoms. The Kier molecular flexibility index (Phi) is 5.54. The monoisotopic (exact) mass is 247 g/mol. The predicted molar refractivity (Wildman–Crippen MR) is 76.6 cm³/mol. The van der Waals surface area contributed by atoms with Gasteiger partial charge in [-0.05, 0) is 40.2 Å². The van der Waals surface area contributed by atoms with Gasteiger partial charge in [0.25, 0.3) is 0 Å². The van der Waals surface area contributed by atoms with Crippen LogP contribution >= 0.6 is 0 Å². The zero-order chi connectivity index (χ0) is 13.7. The Balaban J connectivity index is 3.07. The Morgan fingerprint density at radius 2 is 1.56 bits per heavy atom. The first-order valence-corrected chi connectivity index (χ1v) is 6.75. The van der Waals surface area contributed by atoms with Crippen molar-refractivity contribution in [3.63, 3.8) is 0 Å². The molecular formula is C16H25NO. The lowest BCUT2D eigenvalue weighted by atomic mass is 9.97. The summed E-state index contributed by atoms with van der Waals surface area (Å²) >= 11 is 0. The summed E-state index contributed by atoms with van der Waals surface area (Å²) in [5.74, 6) is 0.246. The summed E-state index contributed by atoms with van der Waals surface area (Å²) in [4.78, 5) is 14.0. The van der Waals surface area contributed by atoms with Gasteiger partial charge in [-0.25, -0.2) is 0 Å². The molecule has 18 heavy (non-hydrogen) atoms. The van der Waals surface area contributed by atoms with E-state index < -0.39 is 0 Å². The number of hydrogen-bond acceptors (Lipinski definition) is 2. The molecule has 0 heterocycles. The summed E-state index contributed by atoms with van der Waals surface area (Å²) in [6, 6.07) is 11.4. The van der Waals surface area contributed by atoms with Gasteiger partial charge in [0, 0.05) is 24.5 Å². The Morgan fingerprint density at radius 1 is 1.06 bits per heavy atom. The molecule has 0 amide bonds. The molecule has 1 atom stereocenters. The fourth-order valence-corrected chi connectivity index (χ4v) is 2.66. The van der Waals surface area contributed by atoms with Crippen molar-refractivity contribution in [3.8, 4) is 0 Å². The molecule has 0 saturated carbocycles. The smallest absolute Gasteiger partial charge is 0.131 e. The molecule has 0 fully saturated rings. The lowest BCUT2D eigenvalue weighted by Crippen LogP contribution is -2.40. The van der Waals surface area contributed by atoms with Crippen molar-refractivity contribution in [2.45, 2.75) is 59.2 Å². The molecule has 1 rings (SSSR count). The van der Waals surface area contributed by atoms with Crippen molar-refractivity contribution in [3.05, 3.63) is 35.9 Å². The molecular weight excluding hydrogens is 222 g/mol. The van der Waals surface area contributed by atoms with E-state index in [0.29, 0.717) is 18.5 Å². The van der Waals surface area contributed by atoms with E-state index in [0.717, 1.165) is 0 Å². The molecule has 1 aromatic rings. The first-order valence-electron chi connectivity index (χ1n) is 6.75. The molecule has 0 N–H and O–H groups in total. The number of Topliss-reactive ketones (excluding diaryl/α,β-unsaturated/α-hetero) is 1. The van der Waals surface area contributed by atoms with Gasteiger partial charge in [-0.2, -0.15) is 0 Å². The normalized spacial score (nSPS) is 13.3. The van der Waals surface area contributed by atoms with Crippen molar-refractivity contribution in [2.24, 2.45) is 0 Å². The lowest BCUT2D eigenvalue weighted by molar-refractivity contribution is -0.118. The van der Waals surface area contributed by atoms with Gasteiger partial charge in [0.15, 0.2) is 0 Å². The summed E-state index contributed by atoms with van der Waals surface area (Å²) in [7, 11) is 0. The van der Waals surface area contributed by atoms with Gasteiger partial charge in [0.05, 0.1) is 0 Å². The van der Waals surface area contributed by atoms with Crippen LogP contribution in [0.25, 0.3) is 0 Å². The summed E-state index contributed by atoms with van der Waals surface area (Å²) in [6.45, 7) is 10.4. The molecule has 1 unspecified atom stereocenters. The molecule has 0 aromatic heterocycles. The Bertz CT molecular complexity index is 362. The van der Waals surface area contributed by atoms with E-state index in [2.05, 4.69) is 44.7 Å². The van der Waals surface area contributed by atoms with E-state index >= 15 is 0 Å². The summed E-state index contributed by atoms with van der Waals surface area (Å²) in [6.07, 6.45) is 0.584. The lowest BCUT2D eigenvalue weighted by Gasteiger charge is -2.38. The number of hydrogen-bond donors (Lipinski definition) is 0. The van der Waals surface area contributed by atoms with Crippen LogP contribution in [0.5, 0.6) is 0 Å². The molecule has 0 radical (unpaired) electrons. The number of benzene rings is 1. The minimum Gasteiger partial charge on any atom is -0.300 e. The van der Waals surface area contributed by atoms with E-state index in [1.54, 1.807) is 6.92 Å². The van der Waals surface area contributed by atoms with Crippen LogP contribution in [0.4, 0.5) is 0 Å². The van der Waals surface area contributed by atoms with Crippen molar-refractivity contribution in [2.75, 3.05) is 0 Å². The molecule has 1 aromatic carbocycles. The number of carbonyl (C=O) groups excluding carboxylic acids is 1. The van der Waals surface area contributed by atoms with Gasteiger partial charge in [-0.3, -0.25) is 9.69 Å². The maximum atomic E-state index is 11.6. The highest BCUT2D eigenvalue weighted by Gasteiger charge is 2.26. The number of rotatable bonds is 6. The predicted octanol–water partition coefficient (Wildman–Crippen LogP) is 3.83. The molecule has 0 saturated heterocycles. The maximum Gasteiger partial charge on any atom is 0.131 e. The molecule has 0 bridgehead atoms. The quantitative estimate of drug-likeness (QED) is 0.761. The second-order valence-electron chi connectivity index (χ2n) is 5.47. The van der Waals surface area contributed by atoms with Crippen LogP contribution in [0.2, 0.25) is 0 Å². The fraction of sp³-hybridized carbons (Fsp3) is 0.562. The zero-order valence-electron chi connectivity index (χ0n) is 12.2. The summed E-state index contributed by atoms with van der Waals surface area (Å²) in [5.41, 5.74) is 1.23. The van der Waals surface area contributed by atoms with Crippen LogP contribution in [-0.4, -0.2) is 22.8 Å². The van der Waals surface area contributed by atoms with Crippen molar-refractivity contribution in [1.29, 1.82) is 0 Å². The van der Waals surface area contributed by atoms with Gasteiger partial charge < -0.3 is 0 Å². The summed E-state index contributed by atoms with van der Waals surface area (Å²) < 4.78 is 0. The minimum absolute atomic E-state index is 0.184. The topological polar surface area (TPSA) is 20.3 Å². The standard InChI is InChI=1S/C16H25NO/c1-12(2)17(13(3)4)16(11-14(5)18)15-9-7-6-8-10-15/h6-10,12-13,16H,11H2,1-5H3. The number of carbonyl (C=O) groups is 1. The Morgan fingerprint density at radius 3 is 1.94 bits per heavy atom. The third-order valence-corrected chi connectivity index (χ3v) is 3.22. The van der Waals surface area contributed by atoms with Gasteiger partial charge in [0.1, 0.15) is 5.78 Å². The van der Waals surface area contributed by atoms with Crippen LogP contribution < -0.4 is 0 Å². The minimum atomic E-state index is 0.184. The van der Waals surface area contributed by atoms with E-state index in [1.165, 1.54) is 5.56 Å². The SMILES string of the molecule is CC(=O)CC(c1ccccc1)N(C(C)C)C(C)C. The van der Waals surface area contributed by atoms with E-state index in [4.69, 9.17) is 0 Å². The highest BCUT2D eigenvalue weighted by atomic mass is 16.1. The second-order valence-corrected chi connectivity index (χ2v) is 5.47. The fourth-order valence-electron chi connectivity index (χ4n) is 2.66. The van der Waals surface area contributed by atoms with Gasteiger partial charge in [-0.1, -0.05) is 30.3 Å². The highest BCUT2D eigenvalue weighted by molar-refractivity contribution is 5.76. The van der Waals surface area contributed by atoms with Crippen LogP contribution in [0.1, 0.15) is 52.6 Å². The Labute approximate surface area is 111 Å². The first kappa shape index (κ1) is 14.9. The van der Waals surface area contributed by atoms with Crippen molar-refractivity contribution >= 4 is 5.78 Å². The number of nitrogens with zero attached hydrogens (tertiary/aromatic N) is 1. The van der Waals surface area contributed by atoms with Crippen molar-refractivity contribution in [1.82, 2.24) is 4.90 Å². The average molecular weight is 247 g/mol. The molecule has 0 spiro atoms. The van der Waals surface area contributed by atoms with Crippen LogP contribution in [0.15, 0.2) is 30.3 Å². The molecule has 100 valence electrons. The molecule has 0 aliphatic heterocycles. The van der Waals surface area contributed by atoms with Crippen LogP contribution in [0.3, 0.4) is 0 Å². The molecule has 0 aliphatic rings. The second kappa shape index (κ2) is 6.69.